The van der Waals surface area contributed by atoms with Crippen molar-refractivity contribution in [3.05, 3.63) is 30.0 Å². The average Bonchev–Trinajstić information content (AvgIpc) is 3.05. The van der Waals surface area contributed by atoms with E-state index in [1.54, 1.807) is 6.20 Å². The highest BCUT2D eigenvalue weighted by molar-refractivity contribution is 5.98. The number of likely N-dealkylation sites (tertiary alicyclic amines) is 1. The van der Waals surface area contributed by atoms with Gasteiger partial charge in [-0.05, 0) is 31.5 Å². The number of nitrogens with zero attached hydrogens (tertiary/aromatic N) is 2. The summed E-state index contributed by atoms with van der Waals surface area (Å²) < 4.78 is 5.57. The molecule has 19 heavy (non-hydrogen) atoms. The van der Waals surface area contributed by atoms with Crippen LogP contribution in [-0.2, 0) is 4.74 Å². The van der Waals surface area contributed by atoms with Crippen molar-refractivity contribution in [3.63, 3.8) is 0 Å². The molecule has 1 aliphatic heterocycles. The molecular formula is C14H17N3O2. The zero-order valence-electron chi connectivity index (χ0n) is 10.9. The molecule has 2 aromatic rings. The molecule has 1 aromatic carbocycles. The Labute approximate surface area is 111 Å². The number of nitrogens with one attached hydrogen (secondary N) is 1. The number of carbonyl (C=O) groups excluding carboxylic acids is 1. The van der Waals surface area contributed by atoms with Crippen LogP contribution in [0.25, 0.3) is 10.9 Å². The van der Waals surface area contributed by atoms with Crippen LogP contribution in [0.4, 0.5) is 0 Å². The van der Waals surface area contributed by atoms with Crippen molar-refractivity contribution in [1.82, 2.24) is 15.1 Å². The normalized spacial score (nSPS) is 19.2. The van der Waals surface area contributed by atoms with Crippen molar-refractivity contribution in [2.45, 2.75) is 19.4 Å². The second-order valence-corrected chi connectivity index (χ2v) is 4.79. The van der Waals surface area contributed by atoms with Gasteiger partial charge >= 0.3 is 0 Å². The van der Waals surface area contributed by atoms with E-state index in [2.05, 4.69) is 10.2 Å². The van der Waals surface area contributed by atoms with E-state index >= 15 is 0 Å². The second kappa shape index (κ2) is 5.01. The fourth-order valence-electron chi connectivity index (χ4n) is 2.54. The Hall–Kier alpha value is -1.88. The Kier molecular flexibility index (Phi) is 3.21. The van der Waals surface area contributed by atoms with Crippen molar-refractivity contribution in [3.8, 4) is 0 Å². The highest BCUT2D eigenvalue weighted by Crippen LogP contribution is 2.18. The lowest BCUT2D eigenvalue weighted by atomic mass is 10.1. The molecule has 2 heterocycles. The Morgan fingerprint density at radius 2 is 2.47 bits per heavy atom. The summed E-state index contributed by atoms with van der Waals surface area (Å²) in [6.45, 7) is 4.15. The second-order valence-electron chi connectivity index (χ2n) is 4.79. The van der Waals surface area contributed by atoms with Gasteiger partial charge in [-0.1, -0.05) is 0 Å². The number of ether oxygens (including phenoxy) is 1. The first-order chi connectivity index (χ1) is 9.28. The summed E-state index contributed by atoms with van der Waals surface area (Å²) in [4.78, 5) is 14.3. The molecule has 0 radical (unpaired) electrons. The van der Waals surface area contributed by atoms with Gasteiger partial charge in [0.1, 0.15) is 0 Å². The first-order valence-corrected chi connectivity index (χ1v) is 6.62. The average molecular weight is 259 g/mol. The molecule has 1 atom stereocenters. The van der Waals surface area contributed by atoms with Crippen LogP contribution in [0.5, 0.6) is 0 Å². The fraction of sp³-hybridized carbons (Fsp3) is 0.429. The van der Waals surface area contributed by atoms with E-state index in [1.807, 2.05) is 30.0 Å². The van der Waals surface area contributed by atoms with Gasteiger partial charge in [-0.3, -0.25) is 9.89 Å². The fourth-order valence-corrected chi connectivity index (χ4v) is 2.54. The van der Waals surface area contributed by atoms with Crippen LogP contribution in [0.3, 0.4) is 0 Å². The van der Waals surface area contributed by atoms with E-state index in [1.165, 1.54) is 0 Å². The first-order valence-electron chi connectivity index (χ1n) is 6.62. The van der Waals surface area contributed by atoms with Gasteiger partial charge in [-0.2, -0.15) is 5.10 Å². The van der Waals surface area contributed by atoms with E-state index < -0.39 is 0 Å². The molecule has 1 saturated heterocycles. The third-order valence-corrected chi connectivity index (χ3v) is 3.52. The molecule has 5 nitrogen and oxygen atoms in total. The molecule has 3 rings (SSSR count). The van der Waals surface area contributed by atoms with Gasteiger partial charge in [-0.15, -0.1) is 0 Å². The molecule has 1 amide bonds. The molecule has 0 bridgehead atoms. The monoisotopic (exact) mass is 259 g/mol. The molecule has 1 N–H and O–H groups in total. The number of rotatable bonds is 3. The number of fused-ring (bicyclic) bond motifs is 1. The lowest BCUT2D eigenvalue weighted by Crippen LogP contribution is -2.30. The smallest absolute Gasteiger partial charge is 0.253 e. The zero-order chi connectivity index (χ0) is 13.2. The van der Waals surface area contributed by atoms with Gasteiger partial charge in [0.2, 0.25) is 0 Å². The van der Waals surface area contributed by atoms with Crippen LogP contribution in [-0.4, -0.2) is 46.8 Å². The number of benzene rings is 1. The van der Waals surface area contributed by atoms with Crippen LogP contribution in [0.15, 0.2) is 24.4 Å². The van der Waals surface area contributed by atoms with Crippen molar-refractivity contribution in [2.24, 2.45) is 0 Å². The first kappa shape index (κ1) is 12.2. The van der Waals surface area contributed by atoms with Crippen molar-refractivity contribution in [1.29, 1.82) is 0 Å². The minimum absolute atomic E-state index is 0.0744. The lowest BCUT2D eigenvalue weighted by molar-refractivity contribution is 0.0598. The number of hydrogen-bond donors (Lipinski definition) is 1. The van der Waals surface area contributed by atoms with Gasteiger partial charge in [0.25, 0.3) is 5.91 Å². The lowest BCUT2D eigenvalue weighted by Gasteiger charge is -2.16. The number of amides is 1. The van der Waals surface area contributed by atoms with Crippen molar-refractivity contribution < 1.29 is 9.53 Å². The summed E-state index contributed by atoms with van der Waals surface area (Å²) in [6, 6.07) is 5.62. The van der Waals surface area contributed by atoms with Gasteiger partial charge in [0.05, 0.1) is 17.8 Å². The van der Waals surface area contributed by atoms with E-state index in [-0.39, 0.29) is 12.0 Å². The number of aromatic amines is 1. The number of carbonyl (C=O) groups is 1. The van der Waals surface area contributed by atoms with Crippen LogP contribution in [0.2, 0.25) is 0 Å². The summed E-state index contributed by atoms with van der Waals surface area (Å²) in [5.74, 6) is 0.0744. The Morgan fingerprint density at radius 1 is 1.58 bits per heavy atom. The number of hydrogen-bond acceptors (Lipinski definition) is 3. The summed E-state index contributed by atoms with van der Waals surface area (Å²) >= 11 is 0. The van der Waals surface area contributed by atoms with Gasteiger partial charge in [0.15, 0.2) is 0 Å². The minimum Gasteiger partial charge on any atom is -0.377 e. The predicted molar refractivity (Wildman–Crippen MR) is 72.0 cm³/mol. The molecule has 0 saturated carbocycles. The maximum absolute atomic E-state index is 12.4. The van der Waals surface area contributed by atoms with E-state index in [9.17, 15) is 4.79 Å². The van der Waals surface area contributed by atoms with Crippen molar-refractivity contribution >= 4 is 16.8 Å². The molecule has 0 unspecified atom stereocenters. The predicted octanol–water partition coefficient (Wildman–Crippen LogP) is 1.81. The summed E-state index contributed by atoms with van der Waals surface area (Å²) in [6.07, 6.45) is 2.85. The quantitative estimate of drug-likeness (QED) is 0.914. The van der Waals surface area contributed by atoms with Gasteiger partial charge in [0, 0.05) is 30.6 Å². The molecular weight excluding hydrogens is 242 g/mol. The van der Waals surface area contributed by atoms with Gasteiger partial charge < -0.3 is 9.64 Å². The molecule has 0 aliphatic carbocycles. The third-order valence-electron chi connectivity index (χ3n) is 3.52. The summed E-state index contributed by atoms with van der Waals surface area (Å²) in [5.41, 5.74) is 1.66. The molecule has 5 heteroatoms. The number of H-pyrrole nitrogens is 1. The van der Waals surface area contributed by atoms with Crippen molar-refractivity contribution in [2.75, 3.05) is 19.7 Å². The van der Waals surface area contributed by atoms with E-state index in [4.69, 9.17) is 4.74 Å². The van der Waals surface area contributed by atoms with Gasteiger partial charge in [-0.25, -0.2) is 0 Å². The standard InChI is InChI=1S/C14H17N3O2/c1-2-19-12-5-6-17(9-12)14(18)10-3-4-13-11(7-10)8-15-16-13/h3-4,7-8,12H,2,5-6,9H2,1H3,(H,15,16)/t12-/m0/s1. The summed E-state index contributed by atoms with van der Waals surface area (Å²) in [5, 5.41) is 7.81. The van der Waals surface area contributed by atoms with Crippen LogP contribution in [0.1, 0.15) is 23.7 Å². The SMILES string of the molecule is CCO[C@H]1CCN(C(=O)c2ccc3[nH]ncc3c2)C1. The topological polar surface area (TPSA) is 58.2 Å². The zero-order valence-corrected chi connectivity index (χ0v) is 10.9. The molecule has 100 valence electrons. The van der Waals surface area contributed by atoms with E-state index in [0.717, 1.165) is 23.9 Å². The highest BCUT2D eigenvalue weighted by Gasteiger charge is 2.27. The largest absolute Gasteiger partial charge is 0.377 e. The van der Waals surface area contributed by atoms with Crippen LogP contribution < -0.4 is 0 Å². The highest BCUT2D eigenvalue weighted by atomic mass is 16.5. The molecule has 1 aliphatic rings. The molecule has 1 fully saturated rings. The Balaban J connectivity index is 1.76. The third kappa shape index (κ3) is 2.33. The van der Waals surface area contributed by atoms with E-state index in [0.29, 0.717) is 18.7 Å². The van der Waals surface area contributed by atoms with Crippen LogP contribution in [0, 0.1) is 0 Å². The maximum Gasteiger partial charge on any atom is 0.253 e. The molecule has 0 spiro atoms. The minimum atomic E-state index is 0.0744. The number of aromatic nitrogens is 2. The summed E-state index contributed by atoms with van der Waals surface area (Å²) in [7, 11) is 0. The Morgan fingerprint density at radius 3 is 3.32 bits per heavy atom. The molecule has 1 aromatic heterocycles. The van der Waals surface area contributed by atoms with Crippen LogP contribution >= 0.6 is 0 Å². The Bertz CT molecular complexity index is 593. The maximum atomic E-state index is 12.4.